The number of nitrogens with zero attached hydrogens (tertiary/aromatic N) is 2. The number of thiophene rings is 1. The second-order valence-electron chi connectivity index (χ2n) is 7.56. The van der Waals surface area contributed by atoms with E-state index in [1.165, 1.54) is 31.2 Å². The molecule has 7 nitrogen and oxygen atoms in total. The lowest BCUT2D eigenvalue weighted by molar-refractivity contribution is -0.384. The molecule has 0 bridgehead atoms. The number of amides is 1. The number of anilines is 1. The number of ether oxygens (including phenoxy) is 1. The van der Waals surface area contributed by atoms with E-state index in [1.807, 2.05) is 0 Å². The van der Waals surface area contributed by atoms with Crippen LogP contribution in [0.25, 0.3) is 10.4 Å². The molecule has 3 rings (SSSR count). The Balaban J connectivity index is 2.30. The predicted molar refractivity (Wildman–Crippen MR) is 125 cm³/mol. The van der Waals surface area contributed by atoms with Crippen molar-refractivity contribution in [3.05, 3.63) is 80.9 Å². The van der Waals surface area contributed by atoms with Gasteiger partial charge in [-0.2, -0.15) is 13.2 Å². The molecule has 2 aromatic carbocycles. The number of rotatable bonds is 8. The van der Waals surface area contributed by atoms with Gasteiger partial charge in [0.15, 0.2) is 0 Å². The first-order valence-corrected chi connectivity index (χ1v) is 11.6. The lowest BCUT2D eigenvalue weighted by Crippen LogP contribution is -2.41. The van der Waals surface area contributed by atoms with Crippen LogP contribution in [0.1, 0.15) is 35.3 Å². The maximum absolute atomic E-state index is 14.4. The number of non-ortho nitro benzene ring substituents is 1. The summed E-state index contributed by atoms with van der Waals surface area (Å²) in [4.78, 5) is 36.2. The molecule has 37 heavy (non-hydrogen) atoms. The van der Waals surface area contributed by atoms with Crippen molar-refractivity contribution in [3.63, 3.8) is 0 Å². The summed E-state index contributed by atoms with van der Waals surface area (Å²) >= 11 is 0.605. The Labute approximate surface area is 211 Å². The quantitative estimate of drug-likeness (QED) is 0.142. The molecule has 0 aliphatic heterocycles. The lowest BCUT2D eigenvalue weighted by Gasteiger charge is -2.24. The van der Waals surface area contributed by atoms with Crippen LogP contribution in [0.3, 0.4) is 0 Å². The van der Waals surface area contributed by atoms with E-state index in [0.29, 0.717) is 16.9 Å². The van der Waals surface area contributed by atoms with Gasteiger partial charge < -0.3 is 4.74 Å². The van der Waals surface area contributed by atoms with Gasteiger partial charge in [0.1, 0.15) is 16.6 Å². The zero-order chi connectivity index (χ0) is 27.5. The normalized spacial score (nSPS) is 11.3. The van der Waals surface area contributed by atoms with Gasteiger partial charge in [0, 0.05) is 22.6 Å². The first kappa shape index (κ1) is 27.7. The number of halogens is 5. The second-order valence-corrected chi connectivity index (χ2v) is 8.56. The third-order valence-corrected chi connectivity index (χ3v) is 6.58. The highest BCUT2D eigenvalue weighted by molar-refractivity contribution is 7.20. The van der Waals surface area contributed by atoms with Gasteiger partial charge in [-0.05, 0) is 48.7 Å². The minimum atomic E-state index is -5.45. The Bertz CT molecular complexity index is 1320. The van der Waals surface area contributed by atoms with E-state index in [1.54, 1.807) is 6.92 Å². The number of alkyl halides is 3. The number of carbonyl (C=O) groups is 2. The molecule has 0 spiro atoms. The maximum Gasteiger partial charge on any atom is 0.471 e. The third-order valence-electron chi connectivity index (χ3n) is 5.27. The van der Waals surface area contributed by atoms with E-state index in [0.717, 1.165) is 18.2 Å². The van der Waals surface area contributed by atoms with Crippen molar-refractivity contribution >= 4 is 33.9 Å². The summed E-state index contributed by atoms with van der Waals surface area (Å²) in [6, 6.07) is 7.70. The van der Waals surface area contributed by atoms with Crippen molar-refractivity contribution in [1.82, 2.24) is 0 Å². The molecule has 0 radical (unpaired) electrons. The topological polar surface area (TPSA) is 89.8 Å². The number of carbonyl (C=O) groups excluding carboxylic acids is 2. The van der Waals surface area contributed by atoms with E-state index in [9.17, 15) is 41.7 Å². The molecule has 0 fully saturated rings. The molecule has 0 aliphatic carbocycles. The van der Waals surface area contributed by atoms with Crippen molar-refractivity contribution < 1.29 is 41.2 Å². The highest BCUT2D eigenvalue weighted by Gasteiger charge is 2.45. The average Bonchev–Trinajstić information content (AvgIpc) is 3.22. The molecule has 0 saturated heterocycles. The highest BCUT2D eigenvalue weighted by Crippen LogP contribution is 2.45. The molecule has 0 saturated carbocycles. The van der Waals surface area contributed by atoms with E-state index >= 15 is 0 Å². The van der Waals surface area contributed by atoms with Crippen LogP contribution in [0, 0.1) is 21.7 Å². The molecule has 13 heteroatoms. The monoisotopic (exact) mass is 542 g/mol. The number of nitro benzene ring substituents is 1. The van der Waals surface area contributed by atoms with E-state index in [2.05, 4.69) is 0 Å². The summed E-state index contributed by atoms with van der Waals surface area (Å²) in [5.41, 5.74) is -0.884. The summed E-state index contributed by atoms with van der Waals surface area (Å²) in [6.07, 6.45) is -5.35. The van der Waals surface area contributed by atoms with Crippen LogP contribution in [-0.2, 0) is 22.5 Å². The fraction of sp³-hybridized carbons (Fsp3) is 0.250. The van der Waals surface area contributed by atoms with Crippen LogP contribution >= 0.6 is 11.3 Å². The zero-order valence-corrected chi connectivity index (χ0v) is 20.2. The number of benzene rings is 2. The van der Waals surface area contributed by atoms with Gasteiger partial charge >= 0.3 is 18.1 Å². The molecule has 0 atom stereocenters. The van der Waals surface area contributed by atoms with Crippen molar-refractivity contribution in [2.24, 2.45) is 0 Å². The molecule has 3 aromatic rings. The van der Waals surface area contributed by atoms with Crippen molar-refractivity contribution in [1.29, 1.82) is 0 Å². The Hall–Kier alpha value is -3.87. The summed E-state index contributed by atoms with van der Waals surface area (Å²) in [5.74, 6) is -5.84. The Morgan fingerprint density at radius 2 is 1.62 bits per heavy atom. The summed E-state index contributed by atoms with van der Waals surface area (Å²) in [6.45, 7) is 1.78. The van der Waals surface area contributed by atoms with Gasteiger partial charge in [-0.1, -0.05) is 13.0 Å². The number of esters is 1. The standard InChI is InChI=1S/C24H19F5N2O5S/c1-3-15-19(22(32)36-4-2)21(37-20(15)13-8-10-14(11-9-13)31(34)35)30(23(33)24(27,28)29)12-16-17(25)6-5-7-18(16)26/h5-11H,3-4,12H2,1-2H3. The largest absolute Gasteiger partial charge is 0.471 e. The van der Waals surface area contributed by atoms with Gasteiger partial charge in [-0.3, -0.25) is 19.8 Å². The molecule has 196 valence electrons. The van der Waals surface area contributed by atoms with Crippen molar-refractivity contribution in [3.8, 4) is 10.4 Å². The Morgan fingerprint density at radius 1 is 1.03 bits per heavy atom. The lowest BCUT2D eigenvalue weighted by atomic mass is 10.0. The highest BCUT2D eigenvalue weighted by atomic mass is 32.1. The van der Waals surface area contributed by atoms with Crippen LogP contribution in [0.4, 0.5) is 32.6 Å². The maximum atomic E-state index is 14.4. The van der Waals surface area contributed by atoms with Crippen LogP contribution in [0.15, 0.2) is 42.5 Å². The SMILES string of the molecule is CCOC(=O)c1c(N(Cc2c(F)cccc2F)C(=O)C(F)(F)F)sc(-c2ccc([N+](=O)[O-])cc2)c1CC. The number of hydrogen-bond donors (Lipinski definition) is 0. The van der Waals surface area contributed by atoms with Gasteiger partial charge in [0.05, 0.1) is 23.6 Å². The van der Waals surface area contributed by atoms with Crippen LogP contribution in [0.5, 0.6) is 0 Å². The van der Waals surface area contributed by atoms with Crippen LogP contribution in [-0.4, -0.2) is 29.6 Å². The van der Waals surface area contributed by atoms with E-state index in [-0.39, 0.29) is 39.6 Å². The molecule has 1 aromatic heterocycles. The molecule has 1 amide bonds. The van der Waals surface area contributed by atoms with Crippen LogP contribution < -0.4 is 4.90 Å². The van der Waals surface area contributed by atoms with Gasteiger partial charge in [0.25, 0.3) is 5.69 Å². The van der Waals surface area contributed by atoms with E-state index < -0.39 is 51.7 Å². The van der Waals surface area contributed by atoms with Gasteiger partial charge in [-0.15, -0.1) is 11.3 Å². The minimum Gasteiger partial charge on any atom is -0.462 e. The van der Waals surface area contributed by atoms with Gasteiger partial charge in [0.2, 0.25) is 0 Å². The van der Waals surface area contributed by atoms with Crippen LogP contribution in [0.2, 0.25) is 0 Å². The average molecular weight is 542 g/mol. The Kier molecular flexibility index (Phi) is 8.26. The first-order valence-electron chi connectivity index (χ1n) is 10.8. The first-order chi connectivity index (χ1) is 17.4. The summed E-state index contributed by atoms with van der Waals surface area (Å²) < 4.78 is 74.7. The molecule has 1 heterocycles. The molecule has 0 unspecified atom stereocenters. The van der Waals surface area contributed by atoms with Crippen molar-refractivity contribution in [2.45, 2.75) is 33.0 Å². The number of hydrogen-bond acceptors (Lipinski definition) is 6. The fourth-order valence-corrected chi connectivity index (χ4v) is 4.97. The molecular weight excluding hydrogens is 523 g/mol. The van der Waals surface area contributed by atoms with E-state index in [4.69, 9.17) is 4.74 Å². The summed E-state index contributed by atoms with van der Waals surface area (Å²) in [5, 5.41) is 10.5. The third kappa shape index (κ3) is 5.77. The predicted octanol–water partition coefficient (Wildman–Crippen LogP) is 6.44. The van der Waals surface area contributed by atoms with Crippen molar-refractivity contribution in [2.75, 3.05) is 11.5 Å². The Morgan fingerprint density at radius 3 is 2.11 bits per heavy atom. The molecule has 0 aliphatic rings. The fourth-order valence-electron chi connectivity index (χ4n) is 3.59. The number of nitro groups is 1. The summed E-state index contributed by atoms with van der Waals surface area (Å²) in [7, 11) is 0. The minimum absolute atomic E-state index is 0.0963. The molecule has 0 N–H and O–H groups in total. The molecular formula is C24H19F5N2O5S. The van der Waals surface area contributed by atoms with Gasteiger partial charge in [-0.25, -0.2) is 13.6 Å². The second kappa shape index (κ2) is 11.0. The zero-order valence-electron chi connectivity index (χ0n) is 19.4. The smallest absolute Gasteiger partial charge is 0.462 e.